The van der Waals surface area contributed by atoms with Crippen molar-refractivity contribution in [2.75, 3.05) is 40.0 Å². The zero-order valence-electron chi connectivity index (χ0n) is 12.7. The maximum absolute atomic E-state index is 12.3. The van der Waals surface area contributed by atoms with E-state index >= 15 is 0 Å². The van der Waals surface area contributed by atoms with Gasteiger partial charge in [-0.1, -0.05) is 11.6 Å². The molecule has 6 nitrogen and oxygen atoms in total. The van der Waals surface area contributed by atoms with Crippen LogP contribution in [-0.4, -0.2) is 59.3 Å². The number of ether oxygens (including phenoxy) is 2. The zero-order chi connectivity index (χ0) is 16.2. The first-order valence-corrected chi connectivity index (χ1v) is 8.95. The zero-order valence-corrected chi connectivity index (χ0v) is 14.3. The molecule has 1 heterocycles. The first-order chi connectivity index (χ1) is 10.4. The number of benzene rings is 1. The van der Waals surface area contributed by atoms with Crippen molar-refractivity contribution < 1.29 is 17.9 Å². The van der Waals surface area contributed by atoms with Gasteiger partial charge in [0, 0.05) is 25.7 Å². The van der Waals surface area contributed by atoms with Gasteiger partial charge in [0.25, 0.3) is 0 Å². The fourth-order valence-corrected chi connectivity index (χ4v) is 3.75. The van der Waals surface area contributed by atoms with Crippen LogP contribution < -0.4 is 9.46 Å². The van der Waals surface area contributed by atoms with Crippen LogP contribution in [0.5, 0.6) is 5.75 Å². The van der Waals surface area contributed by atoms with E-state index in [0.717, 1.165) is 13.1 Å². The molecule has 1 aliphatic heterocycles. The molecule has 0 aliphatic carbocycles. The lowest BCUT2D eigenvalue weighted by Gasteiger charge is -2.32. The number of rotatable bonds is 6. The number of nitrogens with one attached hydrogen (secondary N) is 1. The summed E-state index contributed by atoms with van der Waals surface area (Å²) in [6, 6.07) is 4.52. The Hall–Kier alpha value is -0.860. The Morgan fingerprint density at radius 2 is 2.09 bits per heavy atom. The average molecular weight is 349 g/mol. The topological polar surface area (TPSA) is 67.9 Å². The summed E-state index contributed by atoms with van der Waals surface area (Å²) < 4.78 is 37.6. The van der Waals surface area contributed by atoms with Gasteiger partial charge in [0.2, 0.25) is 10.0 Å². The van der Waals surface area contributed by atoms with Gasteiger partial charge >= 0.3 is 0 Å². The molecule has 1 atom stereocenters. The smallest absolute Gasteiger partial charge is 0.240 e. The molecule has 0 bridgehead atoms. The summed E-state index contributed by atoms with van der Waals surface area (Å²) in [5.41, 5.74) is 0. The molecule has 0 amide bonds. The van der Waals surface area contributed by atoms with Gasteiger partial charge in [0.15, 0.2) is 0 Å². The van der Waals surface area contributed by atoms with Crippen molar-refractivity contribution in [2.24, 2.45) is 0 Å². The van der Waals surface area contributed by atoms with Crippen molar-refractivity contribution in [1.29, 1.82) is 0 Å². The van der Waals surface area contributed by atoms with Gasteiger partial charge in [0.1, 0.15) is 5.75 Å². The molecule has 22 heavy (non-hydrogen) atoms. The van der Waals surface area contributed by atoms with Gasteiger partial charge in [-0.05, 0) is 25.1 Å². The first kappa shape index (κ1) is 17.5. The molecular formula is C14H21ClN2O4S. The Bertz CT molecular complexity index is 603. The number of methoxy groups -OCH3 is 1. The Balaban J connectivity index is 1.99. The Morgan fingerprint density at radius 3 is 2.68 bits per heavy atom. The van der Waals surface area contributed by atoms with E-state index in [1.807, 2.05) is 6.92 Å². The highest BCUT2D eigenvalue weighted by atomic mass is 35.5. The molecule has 0 radical (unpaired) electrons. The minimum absolute atomic E-state index is 0.104. The third kappa shape index (κ3) is 4.33. The molecule has 1 aromatic rings. The van der Waals surface area contributed by atoms with E-state index in [-0.39, 0.29) is 16.0 Å². The maximum atomic E-state index is 12.3. The summed E-state index contributed by atoms with van der Waals surface area (Å²) in [7, 11) is -2.11. The molecule has 1 N–H and O–H groups in total. The fourth-order valence-electron chi connectivity index (χ4n) is 2.28. The lowest BCUT2D eigenvalue weighted by Crippen LogP contribution is -2.47. The van der Waals surface area contributed by atoms with Gasteiger partial charge in [-0.15, -0.1) is 0 Å². The van der Waals surface area contributed by atoms with Crippen LogP contribution in [0.1, 0.15) is 6.92 Å². The van der Waals surface area contributed by atoms with Crippen molar-refractivity contribution in [3.05, 3.63) is 23.2 Å². The van der Waals surface area contributed by atoms with Crippen molar-refractivity contribution in [3.8, 4) is 5.75 Å². The minimum atomic E-state index is -3.59. The first-order valence-electron chi connectivity index (χ1n) is 7.09. The lowest BCUT2D eigenvalue weighted by atomic mass is 10.2. The number of hydrogen-bond donors (Lipinski definition) is 1. The highest BCUT2D eigenvalue weighted by Crippen LogP contribution is 2.26. The van der Waals surface area contributed by atoms with Crippen LogP contribution in [0.3, 0.4) is 0 Å². The number of nitrogens with zero attached hydrogens (tertiary/aromatic N) is 1. The average Bonchev–Trinajstić information content (AvgIpc) is 2.53. The van der Waals surface area contributed by atoms with Crippen molar-refractivity contribution in [2.45, 2.75) is 17.9 Å². The molecule has 0 spiro atoms. The summed E-state index contributed by atoms with van der Waals surface area (Å²) in [6.45, 7) is 5.34. The molecule has 2 rings (SSSR count). The summed E-state index contributed by atoms with van der Waals surface area (Å²) in [6.07, 6.45) is 0. The summed E-state index contributed by atoms with van der Waals surface area (Å²) in [5.74, 6) is 0.447. The van der Waals surface area contributed by atoms with Crippen molar-refractivity contribution in [1.82, 2.24) is 9.62 Å². The molecule has 1 fully saturated rings. The standard InChI is InChI=1S/C14H21ClN2O4S/c1-11(17-5-7-21-8-6-17)10-16-22(18,19)12-3-4-14(20-2)13(15)9-12/h3-4,9,11,16H,5-8,10H2,1-2H3/t11-/m0/s1. The molecular weight excluding hydrogens is 328 g/mol. The van der Waals surface area contributed by atoms with E-state index in [4.69, 9.17) is 21.1 Å². The van der Waals surface area contributed by atoms with Gasteiger partial charge in [-0.25, -0.2) is 13.1 Å². The van der Waals surface area contributed by atoms with E-state index in [1.54, 1.807) is 6.07 Å². The van der Waals surface area contributed by atoms with Gasteiger partial charge in [-0.3, -0.25) is 4.90 Å². The predicted octanol–water partition coefficient (Wildman–Crippen LogP) is 1.35. The van der Waals surface area contributed by atoms with Gasteiger partial charge < -0.3 is 9.47 Å². The van der Waals surface area contributed by atoms with Crippen molar-refractivity contribution >= 4 is 21.6 Å². The quantitative estimate of drug-likeness (QED) is 0.840. The minimum Gasteiger partial charge on any atom is -0.495 e. The molecule has 1 aliphatic rings. The van der Waals surface area contributed by atoms with Gasteiger partial charge in [-0.2, -0.15) is 0 Å². The molecule has 0 saturated carbocycles. The fraction of sp³-hybridized carbons (Fsp3) is 0.571. The highest BCUT2D eigenvalue weighted by molar-refractivity contribution is 7.89. The van der Waals surface area contributed by atoms with E-state index in [0.29, 0.717) is 25.5 Å². The number of halogens is 1. The molecule has 1 aromatic carbocycles. The third-order valence-electron chi connectivity index (χ3n) is 3.67. The molecule has 8 heteroatoms. The van der Waals surface area contributed by atoms with E-state index < -0.39 is 10.0 Å². The van der Waals surface area contributed by atoms with E-state index in [2.05, 4.69) is 9.62 Å². The third-order valence-corrected chi connectivity index (χ3v) is 5.39. The number of morpholine rings is 1. The van der Waals surface area contributed by atoms with Crippen molar-refractivity contribution in [3.63, 3.8) is 0 Å². The molecule has 0 aromatic heterocycles. The predicted molar refractivity (Wildman–Crippen MR) is 85.0 cm³/mol. The summed E-state index contributed by atoms with van der Waals surface area (Å²) in [5, 5.41) is 0.270. The Morgan fingerprint density at radius 1 is 1.41 bits per heavy atom. The second-order valence-corrected chi connectivity index (χ2v) is 7.32. The molecule has 0 unspecified atom stereocenters. The van der Waals surface area contributed by atoms with Crippen LogP contribution in [0, 0.1) is 0 Å². The highest BCUT2D eigenvalue weighted by Gasteiger charge is 2.21. The van der Waals surface area contributed by atoms with E-state index in [1.165, 1.54) is 19.2 Å². The van der Waals surface area contributed by atoms with Crippen LogP contribution in [0.2, 0.25) is 5.02 Å². The lowest BCUT2D eigenvalue weighted by molar-refractivity contribution is 0.0213. The monoisotopic (exact) mass is 348 g/mol. The van der Waals surface area contributed by atoms with E-state index in [9.17, 15) is 8.42 Å². The summed E-state index contributed by atoms with van der Waals surface area (Å²) >= 11 is 5.98. The molecule has 1 saturated heterocycles. The number of hydrogen-bond acceptors (Lipinski definition) is 5. The normalized spacial score (nSPS) is 18.1. The van der Waals surface area contributed by atoms with Crippen LogP contribution in [0.4, 0.5) is 0 Å². The maximum Gasteiger partial charge on any atom is 0.240 e. The molecule has 124 valence electrons. The second kappa shape index (κ2) is 7.61. The SMILES string of the molecule is COc1ccc(S(=O)(=O)NC[C@H](C)N2CCOCC2)cc1Cl. The van der Waals surface area contributed by atoms with Crippen LogP contribution in [-0.2, 0) is 14.8 Å². The second-order valence-electron chi connectivity index (χ2n) is 5.15. The number of sulfonamides is 1. The Kier molecular flexibility index (Phi) is 6.05. The summed E-state index contributed by atoms with van der Waals surface area (Å²) in [4.78, 5) is 2.33. The van der Waals surface area contributed by atoms with Crippen LogP contribution in [0.15, 0.2) is 23.1 Å². The van der Waals surface area contributed by atoms with Crippen LogP contribution in [0.25, 0.3) is 0 Å². The Labute approximate surface area is 136 Å². The largest absolute Gasteiger partial charge is 0.495 e. The van der Waals surface area contributed by atoms with Gasteiger partial charge in [0.05, 0.1) is 30.2 Å². The van der Waals surface area contributed by atoms with Crippen LogP contribution >= 0.6 is 11.6 Å².